The number of nitrogen functional groups attached to an aromatic ring is 1. The molecule has 0 saturated carbocycles. The fourth-order valence-corrected chi connectivity index (χ4v) is 2.49. The predicted molar refractivity (Wildman–Crippen MR) is 74.2 cm³/mol. The number of ether oxygens (including phenoxy) is 1. The summed E-state index contributed by atoms with van der Waals surface area (Å²) in [6.07, 6.45) is 3.34. The normalized spacial score (nSPS) is 16.6. The fraction of sp³-hybridized carbons (Fsp3) is 0.538. The molecular weight excluding hydrogens is 266 g/mol. The van der Waals surface area contributed by atoms with E-state index in [4.69, 9.17) is 22.1 Å². The molecule has 0 aliphatic carbocycles. The number of hydrogen-bond donors (Lipinski definition) is 1. The van der Waals surface area contributed by atoms with E-state index < -0.39 is 0 Å². The van der Waals surface area contributed by atoms with Crippen LogP contribution in [0.4, 0.5) is 5.69 Å². The minimum absolute atomic E-state index is 0.0716. The molecule has 1 aromatic heterocycles. The summed E-state index contributed by atoms with van der Waals surface area (Å²) in [4.78, 5) is 18.0. The second-order valence-electron chi connectivity index (χ2n) is 4.79. The quantitative estimate of drug-likeness (QED) is 0.859. The number of nitrogens with two attached hydrogens (primary N) is 1. The number of carbonyl (C=O) groups excluding carboxylic acids is 1. The highest BCUT2D eigenvalue weighted by Crippen LogP contribution is 2.22. The first-order chi connectivity index (χ1) is 9.11. The molecule has 2 rings (SSSR count). The number of likely N-dealkylation sites (tertiary alicyclic amines) is 1. The molecule has 2 N–H and O–H groups in total. The molecule has 0 atom stereocenters. The summed E-state index contributed by atoms with van der Waals surface area (Å²) in [5.74, 6) is 0.463. The fourth-order valence-electron chi connectivity index (χ4n) is 2.33. The lowest BCUT2D eigenvalue weighted by Crippen LogP contribution is -2.39. The van der Waals surface area contributed by atoms with E-state index in [1.807, 2.05) is 4.90 Å². The van der Waals surface area contributed by atoms with Gasteiger partial charge in [-0.1, -0.05) is 11.6 Å². The minimum Gasteiger partial charge on any atom is -0.397 e. The van der Waals surface area contributed by atoms with Gasteiger partial charge in [0, 0.05) is 26.8 Å². The Bertz CT molecular complexity index is 459. The van der Waals surface area contributed by atoms with Crippen LogP contribution in [0.25, 0.3) is 0 Å². The van der Waals surface area contributed by atoms with Crippen LogP contribution in [0.3, 0.4) is 0 Å². The molecule has 1 aliphatic rings. The van der Waals surface area contributed by atoms with Gasteiger partial charge in [-0.15, -0.1) is 0 Å². The maximum atomic E-state index is 12.4. The Morgan fingerprint density at radius 2 is 2.26 bits per heavy atom. The topological polar surface area (TPSA) is 68.5 Å². The number of nitrogens with zero attached hydrogens (tertiary/aromatic N) is 2. The lowest BCUT2D eigenvalue weighted by molar-refractivity contribution is 0.0614. The van der Waals surface area contributed by atoms with Crippen molar-refractivity contribution >= 4 is 23.2 Å². The number of aromatic nitrogens is 1. The molecule has 0 spiro atoms. The number of anilines is 1. The maximum absolute atomic E-state index is 12.4. The van der Waals surface area contributed by atoms with Crippen molar-refractivity contribution in [2.75, 3.05) is 32.5 Å². The molecule has 2 heterocycles. The molecule has 1 aliphatic heterocycles. The molecule has 1 saturated heterocycles. The largest absolute Gasteiger partial charge is 0.397 e. The number of pyridine rings is 1. The van der Waals surface area contributed by atoms with E-state index >= 15 is 0 Å². The second kappa shape index (κ2) is 6.21. The van der Waals surface area contributed by atoms with Crippen molar-refractivity contribution in [1.29, 1.82) is 0 Å². The summed E-state index contributed by atoms with van der Waals surface area (Å²) in [5, 5.41) is 0.284. The molecule has 19 heavy (non-hydrogen) atoms. The Balaban J connectivity index is 2.03. The van der Waals surface area contributed by atoms with Gasteiger partial charge in [0.25, 0.3) is 5.91 Å². The van der Waals surface area contributed by atoms with Crippen molar-refractivity contribution < 1.29 is 9.53 Å². The number of halogens is 1. The van der Waals surface area contributed by atoms with E-state index in [0.29, 0.717) is 17.2 Å². The Labute approximate surface area is 117 Å². The average Bonchev–Trinajstić information content (AvgIpc) is 2.42. The number of methoxy groups -OCH3 is 1. The van der Waals surface area contributed by atoms with Gasteiger partial charge in [-0.25, -0.2) is 4.98 Å². The number of hydrogen-bond acceptors (Lipinski definition) is 4. The van der Waals surface area contributed by atoms with E-state index in [0.717, 1.165) is 32.5 Å². The number of carbonyl (C=O) groups is 1. The molecular formula is C13H18ClN3O2. The zero-order valence-electron chi connectivity index (χ0n) is 10.9. The molecule has 1 fully saturated rings. The first-order valence-corrected chi connectivity index (χ1v) is 6.69. The third kappa shape index (κ3) is 3.36. The van der Waals surface area contributed by atoms with E-state index in [1.54, 1.807) is 7.11 Å². The molecule has 1 aromatic rings. The van der Waals surface area contributed by atoms with Crippen molar-refractivity contribution in [3.8, 4) is 0 Å². The minimum atomic E-state index is -0.0716. The van der Waals surface area contributed by atoms with Crippen molar-refractivity contribution in [2.24, 2.45) is 5.92 Å². The Morgan fingerprint density at radius 1 is 1.58 bits per heavy atom. The Morgan fingerprint density at radius 3 is 2.89 bits per heavy atom. The second-order valence-corrected chi connectivity index (χ2v) is 5.17. The lowest BCUT2D eigenvalue weighted by atomic mass is 9.97. The Hall–Kier alpha value is -1.33. The van der Waals surface area contributed by atoms with E-state index in [-0.39, 0.29) is 11.1 Å². The standard InChI is InChI=1S/C13H18ClN3O2/c1-19-8-9-2-4-17(5-3-9)13(18)10-6-12(14)16-7-11(10)15/h6-7,9H,2-5,8,15H2,1H3. The van der Waals surface area contributed by atoms with Crippen LogP contribution in [0.2, 0.25) is 5.15 Å². The smallest absolute Gasteiger partial charge is 0.256 e. The van der Waals surface area contributed by atoms with E-state index in [9.17, 15) is 4.79 Å². The molecule has 104 valence electrons. The molecule has 0 unspecified atom stereocenters. The average molecular weight is 284 g/mol. The van der Waals surface area contributed by atoms with Crippen LogP contribution in [-0.2, 0) is 4.74 Å². The van der Waals surface area contributed by atoms with Crippen LogP contribution in [-0.4, -0.2) is 42.6 Å². The van der Waals surface area contributed by atoms with Gasteiger partial charge in [-0.2, -0.15) is 0 Å². The van der Waals surface area contributed by atoms with Gasteiger partial charge in [-0.3, -0.25) is 4.79 Å². The number of amides is 1. The van der Waals surface area contributed by atoms with E-state index in [2.05, 4.69) is 4.98 Å². The third-order valence-electron chi connectivity index (χ3n) is 3.44. The van der Waals surface area contributed by atoms with Crippen LogP contribution in [0.15, 0.2) is 12.3 Å². The molecule has 1 amide bonds. The summed E-state index contributed by atoms with van der Waals surface area (Å²) in [6.45, 7) is 2.21. The van der Waals surface area contributed by atoms with Gasteiger partial charge >= 0.3 is 0 Å². The highest BCUT2D eigenvalue weighted by atomic mass is 35.5. The zero-order valence-corrected chi connectivity index (χ0v) is 11.7. The lowest BCUT2D eigenvalue weighted by Gasteiger charge is -2.31. The van der Waals surface area contributed by atoms with E-state index in [1.165, 1.54) is 12.3 Å². The SMILES string of the molecule is COCC1CCN(C(=O)c2cc(Cl)ncc2N)CC1. The molecule has 5 nitrogen and oxygen atoms in total. The van der Waals surface area contributed by atoms with Crippen LogP contribution in [0, 0.1) is 5.92 Å². The van der Waals surface area contributed by atoms with Crippen molar-refractivity contribution in [3.63, 3.8) is 0 Å². The third-order valence-corrected chi connectivity index (χ3v) is 3.64. The monoisotopic (exact) mass is 283 g/mol. The van der Waals surface area contributed by atoms with Crippen molar-refractivity contribution in [3.05, 3.63) is 23.0 Å². The summed E-state index contributed by atoms with van der Waals surface area (Å²) in [5.41, 5.74) is 6.59. The number of piperidine rings is 1. The highest BCUT2D eigenvalue weighted by Gasteiger charge is 2.24. The van der Waals surface area contributed by atoms with Crippen molar-refractivity contribution in [2.45, 2.75) is 12.8 Å². The summed E-state index contributed by atoms with van der Waals surface area (Å²) in [7, 11) is 1.71. The predicted octanol–water partition coefficient (Wildman–Crippen LogP) is 1.82. The van der Waals surface area contributed by atoms with Gasteiger partial charge < -0.3 is 15.4 Å². The van der Waals surface area contributed by atoms with Gasteiger partial charge in [0.05, 0.1) is 17.4 Å². The molecule has 0 aromatic carbocycles. The summed E-state index contributed by atoms with van der Waals surface area (Å²) in [6, 6.07) is 1.53. The number of rotatable bonds is 3. The molecule has 6 heteroatoms. The molecule has 0 bridgehead atoms. The summed E-state index contributed by atoms with van der Waals surface area (Å²) >= 11 is 5.81. The van der Waals surface area contributed by atoms with Crippen LogP contribution < -0.4 is 5.73 Å². The van der Waals surface area contributed by atoms with Crippen LogP contribution in [0.1, 0.15) is 23.2 Å². The first kappa shape index (κ1) is 14.1. The Kier molecular flexibility index (Phi) is 4.61. The summed E-state index contributed by atoms with van der Waals surface area (Å²) < 4.78 is 5.15. The van der Waals surface area contributed by atoms with Gasteiger partial charge in [0.2, 0.25) is 0 Å². The van der Waals surface area contributed by atoms with Crippen molar-refractivity contribution in [1.82, 2.24) is 9.88 Å². The maximum Gasteiger partial charge on any atom is 0.256 e. The van der Waals surface area contributed by atoms with Gasteiger partial charge in [0.15, 0.2) is 0 Å². The van der Waals surface area contributed by atoms with Gasteiger partial charge in [-0.05, 0) is 24.8 Å². The highest BCUT2D eigenvalue weighted by molar-refractivity contribution is 6.29. The van der Waals surface area contributed by atoms with Crippen LogP contribution >= 0.6 is 11.6 Å². The zero-order chi connectivity index (χ0) is 13.8. The first-order valence-electron chi connectivity index (χ1n) is 6.31. The van der Waals surface area contributed by atoms with Crippen LogP contribution in [0.5, 0.6) is 0 Å². The van der Waals surface area contributed by atoms with Gasteiger partial charge in [0.1, 0.15) is 5.15 Å². The molecule has 0 radical (unpaired) electrons.